The smallest absolute Gasteiger partial charge is 0.203 e. The second-order valence-electron chi connectivity index (χ2n) is 2.62. The number of ketones is 1. The first-order valence-corrected chi connectivity index (χ1v) is 3.77. The molecule has 2 nitrogen and oxygen atoms in total. The molecule has 0 radical (unpaired) electrons. The summed E-state index contributed by atoms with van der Waals surface area (Å²) in [6, 6.07) is 7.47. The Morgan fingerprint density at radius 2 is 2.25 bits per heavy atom. The van der Waals surface area contributed by atoms with Crippen molar-refractivity contribution in [3.05, 3.63) is 35.4 Å². The number of nitrogens with zero attached hydrogens (tertiary/aromatic N) is 1. The Morgan fingerprint density at radius 1 is 1.50 bits per heavy atom. The third-order valence-corrected chi connectivity index (χ3v) is 1.55. The lowest BCUT2D eigenvalue weighted by molar-refractivity contribution is 0.107. The topological polar surface area (TPSA) is 29.4 Å². The fraction of sp³-hybridized carbons (Fsp3) is 0.200. The standard InChI is InChI=1S/C10H11NO/c1-8-4-3-5-9(6-8)10(12)7-11-2/h3-7H,1-2H3. The molecule has 0 N–H and O–H groups in total. The molecule has 0 saturated heterocycles. The highest BCUT2D eigenvalue weighted by Gasteiger charge is 2.00. The van der Waals surface area contributed by atoms with Crippen LogP contribution >= 0.6 is 0 Å². The second kappa shape index (κ2) is 3.81. The van der Waals surface area contributed by atoms with E-state index in [4.69, 9.17) is 0 Å². The molecule has 1 rings (SSSR count). The van der Waals surface area contributed by atoms with Crippen LogP contribution in [0.5, 0.6) is 0 Å². The van der Waals surface area contributed by atoms with Crippen LogP contribution in [-0.4, -0.2) is 19.0 Å². The minimum Gasteiger partial charge on any atom is -0.292 e. The zero-order chi connectivity index (χ0) is 8.97. The molecule has 0 aliphatic carbocycles. The molecule has 0 bridgehead atoms. The lowest BCUT2D eigenvalue weighted by atomic mass is 10.1. The molecule has 12 heavy (non-hydrogen) atoms. The molecule has 0 spiro atoms. The maximum absolute atomic E-state index is 11.2. The Morgan fingerprint density at radius 3 is 2.83 bits per heavy atom. The van der Waals surface area contributed by atoms with Crippen LogP contribution in [0.25, 0.3) is 0 Å². The van der Waals surface area contributed by atoms with E-state index in [1.54, 1.807) is 13.1 Å². The minimum absolute atomic E-state index is 0.0406. The van der Waals surface area contributed by atoms with Gasteiger partial charge in [-0.2, -0.15) is 0 Å². The first kappa shape index (κ1) is 8.65. The van der Waals surface area contributed by atoms with Gasteiger partial charge in [-0.05, 0) is 13.0 Å². The molecule has 0 aromatic heterocycles. The van der Waals surface area contributed by atoms with Crippen molar-refractivity contribution in [2.45, 2.75) is 6.92 Å². The van der Waals surface area contributed by atoms with Crippen molar-refractivity contribution < 1.29 is 4.79 Å². The fourth-order valence-electron chi connectivity index (χ4n) is 0.990. The van der Waals surface area contributed by atoms with Crippen molar-refractivity contribution in [1.29, 1.82) is 0 Å². The van der Waals surface area contributed by atoms with Crippen molar-refractivity contribution in [3.8, 4) is 0 Å². The van der Waals surface area contributed by atoms with Crippen LogP contribution in [0.4, 0.5) is 0 Å². The first-order valence-electron chi connectivity index (χ1n) is 3.77. The Hall–Kier alpha value is -1.44. The van der Waals surface area contributed by atoms with Gasteiger partial charge in [0.1, 0.15) is 0 Å². The van der Waals surface area contributed by atoms with E-state index >= 15 is 0 Å². The molecule has 0 heterocycles. The monoisotopic (exact) mass is 161 g/mol. The fourth-order valence-corrected chi connectivity index (χ4v) is 0.990. The maximum atomic E-state index is 11.2. The van der Waals surface area contributed by atoms with Crippen molar-refractivity contribution >= 4 is 12.0 Å². The van der Waals surface area contributed by atoms with E-state index in [1.807, 2.05) is 25.1 Å². The molecule has 0 aliphatic rings. The van der Waals surface area contributed by atoms with Gasteiger partial charge in [-0.15, -0.1) is 0 Å². The molecule has 2 heteroatoms. The number of carbonyl (C=O) groups is 1. The lowest BCUT2D eigenvalue weighted by Gasteiger charge is -1.95. The van der Waals surface area contributed by atoms with Crippen LogP contribution < -0.4 is 0 Å². The Bertz CT molecular complexity index is 315. The number of rotatable bonds is 2. The summed E-state index contributed by atoms with van der Waals surface area (Å²) in [4.78, 5) is 14.9. The Balaban J connectivity index is 2.96. The molecule has 0 amide bonds. The number of Topliss-reactive ketones (excluding diaryl/α,β-unsaturated/α-hetero) is 1. The predicted octanol–water partition coefficient (Wildman–Crippen LogP) is 1.88. The molecule has 0 unspecified atom stereocenters. The summed E-state index contributed by atoms with van der Waals surface area (Å²) in [7, 11) is 1.59. The summed E-state index contributed by atoms with van der Waals surface area (Å²) >= 11 is 0. The molecule has 0 atom stereocenters. The number of carbonyl (C=O) groups excluding carboxylic acids is 1. The highest BCUT2D eigenvalue weighted by molar-refractivity contribution is 6.35. The zero-order valence-electron chi connectivity index (χ0n) is 7.24. The van der Waals surface area contributed by atoms with Crippen LogP contribution in [-0.2, 0) is 0 Å². The molecule has 1 aromatic carbocycles. The van der Waals surface area contributed by atoms with E-state index in [0.29, 0.717) is 5.56 Å². The molecule has 0 fully saturated rings. The van der Waals surface area contributed by atoms with Gasteiger partial charge in [0.25, 0.3) is 0 Å². The van der Waals surface area contributed by atoms with Gasteiger partial charge in [-0.3, -0.25) is 9.79 Å². The van der Waals surface area contributed by atoms with E-state index in [1.165, 1.54) is 6.21 Å². The van der Waals surface area contributed by atoms with E-state index in [0.717, 1.165) is 5.56 Å². The van der Waals surface area contributed by atoms with Crippen LogP contribution in [0.15, 0.2) is 29.3 Å². The van der Waals surface area contributed by atoms with Crippen molar-refractivity contribution in [2.24, 2.45) is 4.99 Å². The summed E-state index contributed by atoms with van der Waals surface area (Å²) < 4.78 is 0. The molecule has 0 aliphatic heterocycles. The van der Waals surface area contributed by atoms with Gasteiger partial charge in [0.2, 0.25) is 5.78 Å². The van der Waals surface area contributed by atoms with Gasteiger partial charge in [0, 0.05) is 12.6 Å². The average molecular weight is 161 g/mol. The summed E-state index contributed by atoms with van der Waals surface area (Å²) in [6.45, 7) is 1.96. The van der Waals surface area contributed by atoms with Gasteiger partial charge in [0.05, 0.1) is 6.21 Å². The van der Waals surface area contributed by atoms with Gasteiger partial charge in [-0.1, -0.05) is 23.8 Å². The van der Waals surface area contributed by atoms with Gasteiger partial charge < -0.3 is 0 Å². The Kier molecular flexibility index (Phi) is 2.75. The first-order chi connectivity index (χ1) is 5.74. The average Bonchev–Trinajstić information content (AvgIpc) is 2.05. The third kappa shape index (κ3) is 2.02. The highest BCUT2D eigenvalue weighted by Crippen LogP contribution is 2.03. The summed E-state index contributed by atoms with van der Waals surface area (Å²) in [5.74, 6) is -0.0406. The zero-order valence-corrected chi connectivity index (χ0v) is 7.24. The number of aryl methyl sites for hydroxylation is 1. The minimum atomic E-state index is -0.0406. The summed E-state index contributed by atoms with van der Waals surface area (Å²) in [6.07, 6.45) is 1.33. The van der Waals surface area contributed by atoms with Crippen molar-refractivity contribution in [2.75, 3.05) is 7.05 Å². The van der Waals surface area contributed by atoms with Crippen molar-refractivity contribution in [3.63, 3.8) is 0 Å². The molecule has 0 saturated carbocycles. The predicted molar refractivity (Wildman–Crippen MR) is 49.9 cm³/mol. The molecular weight excluding hydrogens is 150 g/mol. The molecule has 62 valence electrons. The van der Waals surface area contributed by atoms with Gasteiger partial charge in [0.15, 0.2) is 0 Å². The van der Waals surface area contributed by atoms with Crippen LogP contribution in [0, 0.1) is 6.92 Å². The van der Waals surface area contributed by atoms with E-state index in [2.05, 4.69) is 4.99 Å². The van der Waals surface area contributed by atoms with E-state index in [9.17, 15) is 4.79 Å². The van der Waals surface area contributed by atoms with Crippen LogP contribution in [0.2, 0.25) is 0 Å². The largest absolute Gasteiger partial charge is 0.292 e. The Labute approximate surface area is 71.9 Å². The SMILES string of the molecule is CN=CC(=O)c1cccc(C)c1. The quantitative estimate of drug-likeness (QED) is 0.481. The number of aliphatic imine (C=N–C) groups is 1. The van der Waals surface area contributed by atoms with Crippen LogP contribution in [0.1, 0.15) is 15.9 Å². The lowest BCUT2D eigenvalue weighted by Crippen LogP contribution is -1.99. The van der Waals surface area contributed by atoms with Crippen molar-refractivity contribution in [1.82, 2.24) is 0 Å². The molecular formula is C10H11NO. The molecule has 1 aromatic rings. The van der Waals surface area contributed by atoms with Crippen LogP contribution in [0.3, 0.4) is 0 Å². The normalized spacial score (nSPS) is 10.5. The number of benzene rings is 1. The van der Waals surface area contributed by atoms with Gasteiger partial charge >= 0.3 is 0 Å². The van der Waals surface area contributed by atoms with E-state index in [-0.39, 0.29) is 5.78 Å². The maximum Gasteiger partial charge on any atom is 0.203 e. The number of hydrogen-bond acceptors (Lipinski definition) is 2. The van der Waals surface area contributed by atoms with Gasteiger partial charge in [-0.25, -0.2) is 0 Å². The third-order valence-electron chi connectivity index (χ3n) is 1.55. The summed E-state index contributed by atoms with van der Waals surface area (Å²) in [5.41, 5.74) is 1.78. The van der Waals surface area contributed by atoms with E-state index < -0.39 is 0 Å². The second-order valence-corrected chi connectivity index (χ2v) is 2.62. The highest BCUT2D eigenvalue weighted by atomic mass is 16.1. The number of hydrogen-bond donors (Lipinski definition) is 0. The summed E-state index contributed by atoms with van der Waals surface area (Å²) in [5, 5.41) is 0.